The summed E-state index contributed by atoms with van der Waals surface area (Å²) in [6, 6.07) is 10.9. The monoisotopic (exact) mass is 248 g/mol. The molecule has 3 rings (SSSR count). The molecule has 0 N–H and O–H groups in total. The van der Waals surface area contributed by atoms with Gasteiger partial charge in [-0.1, -0.05) is 18.2 Å². The van der Waals surface area contributed by atoms with Gasteiger partial charge in [0.2, 0.25) is 0 Å². The van der Waals surface area contributed by atoms with Crippen molar-refractivity contribution in [3.63, 3.8) is 0 Å². The quantitative estimate of drug-likeness (QED) is 0.742. The third kappa shape index (κ3) is 2.07. The Kier molecular flexibility index (Phi) is 2.85. The summed E-state index contributed by atoms with van der Waals surface area (Å²) in [6.45, 7) is 6.23. The molecule has 2 heterocycles. The molecular formula is C14H17ClN2. The van der Waals surface area contributed by atoms with E-state index in [9.17, 15) is 0 Å². The van der Waals surface area contributed by atoms with E-state index in [2.05, 4.69) is 46.7 Å². The van der Waals surface area contributed by atoms with Crippen molar-refractivity contribution in [3.05, 3.63) is 36.0 Å². The molecule has 90 valence electrons. The number of rotatable bonds is 2. The number of halogens is 1. The maximum Gasteiger partial charge on any atom is 0.0483 e. The summed E-state index contributed by atoms with van der Waals surface area (Å²) < 4.78 is 2.44. The summed E-state index contributed by atoms with van der Waals surface area (Å²) in [5, 5.41) is 1.58. The van der Waals surface area contributed by atoms with Crippen LogP contribution in [0.3, 0.4) is 0 Å². The first-order valence-electron chi connectivity index (χ1n) is 6.17. The van der Waals surface area contributed by atoms with Crippen LogP contribution in [0.2, 0.25) is 0 Å². The Morgan fingerprint density at radius 1 is 1.29 bits per heavy atom. The van der Waals surface area contributed by atoms with Gasteiger partial charge in [0, 0.05) is 42.8 Å². The van der Waals surface area contributed by atoms with E-state index >= 15 is 0 Å². The Morgan fingerprint density at radius 2 is 2.12 bits per heavy atom. The zero-order chi connectivity index (χ0) is 11.8. The summed E-state index contributed by atoms with van der Waals surface area (Å²) in [6.07, 6.45) is 0. The Labute approximate surface area is 107 Å². The van der Waals surface area contributed by atoms with Gasteiger partial charge in [0.1, 0.15) is 0 Å². The summed E-state index contributed by atoms with van der Waals surface area (Å²) in [7, 11) is 0. The van der Waals surface area contributed by atoms with Crippen LogP contribution in [0, 0.1) is 0 Å². The Balaban J connectivity index is 1.92. The molecule has 1 unspecified atom stereocenters. The average molecular weight is 249 g/mol. The van der Waals surface area contributed by atoms with Crippen LogP contribution in [-0.2, 0) is 13.1 Å². The van der Waals surface area contributed by atoms with Crippen molar-refractivity contribution in [2.24, 2.45) is 0 Å². The molecular weight excluding hydrogens is 232 g/mol. The predicted molar refractivity (Wildman–Crippen MR) is 72.5 cm³/mol. The zero-order valence-corrected chi connectivity index (χ0v) is 10.8. The maximum atomic E-state index is 6.07. The summed E-state index contributed by atoms with van der Waals surface area (Å²) in [5.74, 6) is 0. The van der Waals surface area contributed by atoms with Gasteiger partial charge in [-0.2, -0.15) is 0 Å². The van der Waals surface area contributed by atoms with Gasteiger partial charge < -0.3 is 4.57 Å². The van der Waals surface area contributed by atoms with Crippen molar-refractivity contribution in [2.75, 3.05) is 13.1 Å². The van der Waals surface area contributed by atoms with Gasteiger partial charge in [-0.3, -0.25) is 4.90 Å². The zero-order valence-electron chi connectivity index (χ0n) is 10.1. The number of benzene rings is 1. The third-order valence-electron chi connectivity index (χ3n) is 3.43. The second-order valence-electron chi connectivity index (χ2n) is 4.86. The van der Waals surface area contributed by atoms with E-state index in [1.54, 1.807) is 0 Å². The molecule has 1 aromatic heterocycles. The smallest absolute Gasteiger partial charge is 0.0483 e. The average Bonchev–Trinajstić information content (AvgIpc) is 2.65. The standard InChI is InChI=1S/C14H17ClN2/c1-11(15)9-16-6-7-17-13(10-16)8-12-4-2-3-5-14(12)17/h2-5,8,11H,6-7,9-10H2,1H3. The van der Waals surface area contributed by atoms with Crippen molar-refractivity contribution in [1.29, 1.82) is 0 Å². The minimum absolute atomic E-state index is 0.228. The van der Waals surface area contributed by atoms with Gasteiger partial charge in [-0.15, -0.1) is 11.6 Å². The van der Waals surface area contributed by atoms with E-state index in [1.165, 1.54) is 16.6 Å². The molecule has 0 amide bonds. The second kappa shape index (κ2) is 4.35. The highest BCUT2D eigenvalue weighted by Crippen LogP contribution is 2.24. The first-order chi connectivity index (χ1) is 8.24. The molecule has 0 bridgehead atoms. The molecule has 1 atom stereocenters. The van der Waals surface area contributed by atoms with Crippen molar-refractivity contribution < 1.29 is 0 Å². The third-order valence-corrected chi connectivity index (χ3v) is 3.57. The molecule has 3 heteroatoms. The SMILES string of the molecule is CC(Cl)CN1CCn2c(cc3ccccc32)C1. The fraction of sp³-hybridized carbons (Fsp3) is 0.429. The van der Waals surface area contributed by atoms with Gasteiger partial charge in [0.05, 0.1) is 0 Å². The van der Waals surface area contributed by atoms with E-state index in [4.69, 9.17) is 11.6 Å². The van der Waals surface area contributed by atoms with Gasteiger partial charge in [0.15, 0.2) is 0 Å². The number of nitrogens with zero attached hydrogens (tertiary/aromatic N) is 2. The number of alkyl halides is 1. The number of hydrogen-bond acceptors (Lipinski definition) is 1. The Hall–Kier alpha value is -0.990. The maximum absolute atomic E-state index is 6.07. The minimum atomic E-state index is 0.228. The molecule has 1 aliphatic heterocycles. The van der Waals surface area contributed by atoms with Crippen molar-refractivity contribution in [3.8, 4) is 0 Å². The lowest BCUT2D eigenvalue weighted by Crippen LogP contribution is -2.36. The molecule has 0 saturated carbocycles. The molecule has 2 aromatic rings. The van der Waals surface area contributed by atoms with Gasteiger partial charge in [-0.05, 0) is 24.4 Å². The molecule has 2 nitrogen and oxygen atoms in total. The van der Waals surface area contributed by atoms with Crippen LogP contribution in [0.15, 0.2) is 30.3 Å². The lowest BCUT2D eigenvalue weighted by molar-refractivity contribution is 0.225. The Morgan fingerprint density at radius 3 is 2.94 bits per heavy atom. The minimum Gasteiger partial charge on any atom is -0.342 e. The predicted octanol–water partition coefficient (Wildman–Crippen LogP) is 3.08. The van der Waals surface area contributed by atoms with Crippen molar-refractivity contribution in [2.45, 2.75) is 25.4 Å². The number of aromatic nitrogens is 1. The number of hydrogen-bond donors (Lipinski definition) is 0. The lowest BCUT2D eigenvalue weighted by Gasteiger charge is -2.29. The second-order valence-corrected chi connectivity index (χ2v) is 5.61. The number of fused-ring (bicyclic) bond motifs is 3. The van der Waals surface area contributed by atoms with Crippen molar-refractivity contribution in [1.82, 2.24) is 9.47 Å². The van der Waals surface area contributed by atoms with E-state index in [0.717, 1.165) is 26.2 Å². The van der Waals surface area contributed by atoms with E-state index in [1.807, 2.05) is 0 Å². The normalized spacial score (nSPS) is 18.2. The number of para-hydroxylation sites is 1. The largest absolute Gasteiger partial charge is 0.342 e. The molecule has 0 radical (unpaired) electrons. The van der Waals surface area contributed by atoms with Crippen LogP contribution in [0.5, 0.6) is 0 Å². The highest BCUT2D eigenvalue weighted by atomic mass is 35.5. The summed E-state index contributed by atoms with van der Waals surface area (Å²) in [4.78, 5) is 2.44. The van der Waals surface area contributed by atoms with Crippen molar-refractivity contribution >= 4 is 22.5 Å². The lowest BCUT2D eigenvalue weighted by atomic mass is 10.2. The fourth-order valence-electron chi connectivity index (χ4n) is 2.72. The van der Waals surface area contributed by atoms with Crippen LogP contribution < -0.4 is 0 Å². The molecule has 0 aliphatic carbocycles. The van der Waals surface area contributed by atoms with Gasteiger partial charge in [-0.25, -0.2) is 0 Å². The first-order valence-corrected chi connectivity index (χ1v) is 6.61. The Bertz CT molecular complexity index is 530. The van der Waals surface area contributed by atoms with E-state index < -0.39 is 0 Å². The topological polar surface area (TPSA) is 8.17 Å². The van der Waals surface area contributed by atoms with Crippen LogP contribution >= 0.6 is 11.6 Å². The van der Waals surface area contributed by atoms with Crippen LogP contribution in [0.4, 0.5) is 0 Å². The highest BCUT2D eigenvalue weighted by Gasteiger charge is 2.18. The molecule has 17 heavy (non-hydrogen) atoms. The molecule has 0 spiro atoms. The molecule has 0 saturated heterocycles. The van der Waals surface area contributed by atoms with Crippen LogP contribution in [0.1, 0.15) is 12.6 Å². The first kappa shape index (κ1) is 11.1. The molecule has 0 fully saturated rings. The summed E-state index contributed by atoms with van der Waals surface area (Å²) in [5.41, 5.74) is 2.77. The van der Waals surface area contributed by atoms with Gasteiger partial charge >= 0.3 is 0 Å². The van der Waals surface area contributed by atoms with E-state index in [0.29, 0.717) is 0 Å². The highest BCUT2D eigenvalue weighted by molar-refractivity contribution is 6.20. The summed E-state index contributed by atoms with van der Waals surface area (Å²) >= 11 is 6.07. The molecule has 1 aromatic carbocycles. The fourth-order valence-corrected chi connectivity index (χ4v) is 2.92. The molecule has 1 aliphatic rings. The van der Waals surface area contributed by atoms with Gasteiger partial charge in [0.25, 0.3) is 0 Å². The van der Waals surface area contributed by atoms with E-state index in [-0.39, 0.29) is 5.38 Å². The van der Waals surface area contributed by atoms with Crippen LogP contribution in [0.25, 0.3) is 10.9 Å². The van der Waals surface area contributed by atoms with Crippen LogP contribution in [-0.4, -0.2) is 27.9 Å².